The van der Waals surface area contributed by atoms with Crippen molar-refractivity contribution >= 4 is 0 Å². The predicted molar refractivity (Wildman–Crippen MR) is 2.22 cm³/mol. The molecule has 1 radical (unpaired) electrons. The SMILES string of the molecule is [Eu].[O-][Cl+3]([O-])([O-])O. The first kappa shape index (κ1) is 10.7. The smallest absolute Gasteiger partial charge is 0.0777 e. The molecule has 6 heavy (non-hydrogen) atoms. The van der Waals surface area contributed by atoms with Crippen molar-refractivity contribution < 1.29 is 78.3 Å². The minimum Gasteiger partial charge on any atom is -0.183 e. The van der Waals surface area contributed by atoms with Crippen LogP contribution in [0.3, 0.4) is 0 Å². The summed E-state index contributed by atoms with van der Waals surface area (Å²) >= 11 is 0. The van der Waals surface area contributed by atoms with Crippen molar-refractivity contribution in [2.45, 2.75) is 0 Å². The maximum absolute atomic E-state index is 8.60. The number of halogens is 1. The summed E-state index contributed by atoms with van der Waals surface area (Å²) in [6.07, 6.45) is 0. The Balaban J connectivity index is 0. The molecular formula is HClEuO4. The molecule has 4 nitrogen and oxygen atoms in total. The van der Waals surface area contributed by atoms with Crippen molar-refractivity contribution in [3.8, 4) is 0 Å². The zero-order valence-corrected chi connectivity index (χ0v) is 5.61. The van der Waals surface area contributed by atoms with Gasteiger partial charge in [-0.1, -0.05) is 0 Å². The van der Waals surface area contributed by atoms with Crippen LogP contribution in [0.1, 0.15) is 0 Å². The molecule has 0 fully saturated rings. The van der Waals surface area contributed by atoms with Crippen molar-refractivity contribution in [2.75, 3.05) is 0 Å². The minimum atomic E-state index is -4.69. The molecular weight excluding hydrogens is 251 g/mol. The average molecular weight is 252 g/mol. The predicted octanol–water partition coefficient (Wildman–Crippen LogP) is -4.12. The van der Waals surface area contributed by atoms with E-state index in [9.17, 15) is 0 Å². The maximum atomic E-state index is 8.60. The van der Waals surface area contributed by atoms with E-state index in [1.807, 2.05) is 0 Å². The summed E-state index contributed by atoms with van der Waals surface area (Å²) in [4.78, 5) is 0. The van der Waals surface area contributed by atoms with E-state index < -0.39 is 10.2 Å². The summed E-state index contributed by atoms with van der Waals surface area (Å²) in [5.41, 5.74) is 0. The summed E-state index contributed by atoms with van der Waals surface area (Å²) in [6, 6.07) is 0. The maximum Gasteiger partial charge on any atom is 0.0777 e. The Labute approximate surface area is 77.1 Å². The second-order valence-corrected chi connectivity index (χ2v) is 1.19. The Kier molecular flexibility index (Phi) is 6.54. The Morgan fingerprint density at radius 2 is 1.17 bits per heavy atom. The van der Waals surface area contributed by atoms with Crippen LogP contribution in [-0.2, 0) is 0 Å². The van der Waals surface area contributed by atoms with Gasteiger partial charge in [0.25, 0.3) is 0 Å². The van der Waals surface area contributed by atoms with E-state index in [2.05, 4.69) is 0 Å². The van der Waals surface area contributed by atoms with Crippen LogP contribution in [-0.4, -0.2) is 4.66 Å². The molecule has 0 aromatic heterocycles. The van der Waals surface area contributed by atoms with E-state index >= 15 is 0 Å². The van der Waals surface area contributed by atoms with E-state index in [0.717, 1.165) is 0 Å². The van der Waals surface area contributed by atoms with Gasteiger partial charge >= 0.3 is 0 Å². The number of hydrogen-bond donors (Lipinski definition) is 1. The molecule has 0 saturated carbocycles. The zero-order chi connectivity index (χ0) is 4.50. The average Bonchev–Trinajstić information content (AvgIpc) is 0.722. The van der Waals surface area contributed by atoms with Gasteiger partial charge in [-0.2, -0.15) is 14.0 Å². The van der Waals surface area contributed by atoms with Crippen LogP contribution in [0.25, 0.3) is 0 Å². The minimum absolute atomic E-state index is 0. The van der Waals surface area contributed by atoms with Gasteiger partial charge in [0.15, 0.2) is 0 Å². The fraction of sp³-hybridized carbons (Fsp3) is 0. The molecule has 1 N–H and O–H groups in total. The van der Waals surface area contributed by atoms with E-state index in [1.54, 1.807) is 0 Å². The van der Waals surface area contributed by atoms with Crippen molar-refractivity contribution in [1.29, 1.82) is 0 Å². The summed E-state index contributed by atoms with van der Waals surface area (Å²) in [5, 5.41) is 0. The van der Waals surface area contributed by atoms with Crippen molar-refractivity contribution in [3.63, 3.8) is 0 Å². The van der Waals surface area contributed by atoms with E-state index in [1.165, 1.54) is 0 Å². The summed E-state index contributed by atoms with van der Waals surface area (Å²) < 4.78 is 32.7. The van der Waals surface area contributed by atoms with Crippen molar-refractivity contribution in [3.05, 3.63) is 0 Å². The summed E-state index contributed by atoms with van der Waals surface area (Å²) in [5.74, 6) is 0. The van der Waals surface area contributed by atoms with Gasteiger partial charge in [0.2, 0.25) is 0 Å². The molecule has 0 atom stereocenters. The molecule has 0 bridgehead atoms. The fourth-order valence-corrected chi connectivity index (χ4v) is 0. The van der Waals surface area contributed by atoms with Gasteiger partial charge in [-0.3, -0.25) is 0 Å². The number of hydrogen-bond acceptors (Lipinski definition) is 4. The molecule has 0 aromatic rings. The van der Waals surface area contributed by atoms with Gasteiger partial charge in [-0.15, -0.1) is 0 Å². The van der Waals surface area contributed by atoms with Crippen LogP contribution in [0.5, 0.6) is 0 Å². The van der Waals surface area contributed by atoms with E-state index in [-0.39, 0.29) is 49.4 Å². The first-order chi connectivity index (χ1) is 2.00. The third-order valence-corrected chi connectivity index (χ3v) is 0. The normalized spacial score (nSPS) is 10.0. The van der Waals surface area contributed by atoms with Crippen LogP contribution in [0.4, 0.5) is 0 Å². The van der Waals surface area contributed by atoms with Gasteiger partial charge in [-0.05, 0) is 0 Å². The standard InChI is InChI=1S/ClHO4.Eu/c2-1(3,4)5;/h(H,2,3,4,5);. The van der Waals surface area contributed by atoms with Gasteiger partial charge in [0.1, 0.15) is 0 Å². The van der Waals surface area contributed by atoms with Crippen LogP contribution in [0.2, 0.25) is 0 Å². The summed E-state index contributed by atoms with van der Waals surface area (Å²) in [6.45, 7) is 0. The van der Waals surface area contributed by atoms with Crippen LogP contribution < -0.4 is 14.0 Å². The zero-order valence-electron chi connectivity index (χ0n) is 2.43. The molecule has 0 aliphatic carbocycles. The molecule has 0 saturated heterocycles. The molecule has 0 heterocycles. The Hall–Kier alpha value is 1.71. The van der Waals surface area contributed by atoms with Crippen molar-refractivity contribution in [1.82, 2.24) is 0 Å². The molecule has 0 amide bonds. The molecule has 0 aromatic carbocycles. The fourth-order valence-electron chi connectivity index (χ4n) is 0. The largest absolute Gasteiger partial charge is 0.183 e. The first-order valence-corrected chi connectivity index (χ1v) is 1.90. The van der Waals surface area contributed by atoms with Crippen LogP contribution in [0.15, 0.2) is 0 Å². The molecule has 0 aliphatic heterocycles. The molecule has 0 spiro atoms. The molecule has 0 aliphatic rings. The van der Waals surface area contributed by atoms with Crippen LogP contribution in [0, 0.1) is 59.6 Å². The third kappa shape index (κ3) is 43.2. The molecule has 6 heteroatoms. The Bertz CT molecular complexity index is 23.0. The second kappa shape index (κ2) is 3.68. The first-order valence-electron chi connectivity index (χ1n) is 0.632. The Morgan fingerprint density at radius 1 is 1.17 bits per heavy atom. The quantitative estimate of drug-likeness (QED) is 0.474. The van der Waals surface area contributed by atoms with Gasteiger partial charge in [0.05, 0.1) is 14.9 Å². The van der Waals surface area contributed by atoms with Gasteiger partial charge < -0.3 is 0 Å². The monoisotopic (exact) mass is 253 g/mol. The van der Waals surface area contributed by atoms with Gasteiger partial charge in [-0.25, -0.2) is 0 Å². The topological polar surface area (TPSA) is 89.4 Å². The van der Waals surface area contributed by atoms with Crippen LogP contribution >= 0.6 is 0 Å². The molecule has 39 valence electrons. The Morgan fingerprint density at radius 3 is 1.17 bits per heavy atom. The molecule has 0 unspecified atom stereocenters. The second-order valence-electron chi connectivity index (χ2n) is 0.396. The van der Waals surface area contributed by atoms with E-state index in [4.69, 9.17) is 18.6 Å². The van der Waals surface area contributed by atoms with E-state index in [0.29, 0.717) is 0 Å². The van der Waals surface area contributed by atoms with Crippen molar-refractivity contribution in [2.24, 2.45) is 0 Å². The third-order valence-electron chi connectivity index (χ3n) is 0. The molecule has 0 rings (SSSR count). The number of rotatable bonds is 0. The van der Waals surface area contributed by atoms with Gasteiger partial charge in [0, 0.05) is 49.4 Å². The summed E-state index contributed by atoms with van der Waals surface area (Å²) in [7, 11) is -4.69.